The van der Waals surface area contributed by atoms with E-state index in [1.807, 2.05) is 39.0 Å². The Labute approximate surface area is 165 Å². The van der Waals surface area contributed by atoms with E-state index < -0.39 is 12.7 Å². The van der Waals surface area contributed by atoms with Crippen LogP contribution in [0.25, 0.3) is 16.6 Å². The number of hydrogen-bond donors (Lipinski definition) is 2. The first-order chi connectivity index (χ1) is 13.3. The monoisotopic (exact) mass is 382 g/mol. The number of pyridine rings is 1. The average Bonchev–Trinajstić information content (AvgIpc) is 3.08. The molecule has 1 aliphatic carbocycles. The van der Waals surface area contributed by atoms with E-state index >= 15 is 0 Å². The first-order valence-corrected chi connectivity index (χ1v) is 10.0. The van der Waals surface area contributed by atoms with Gasteiger partial charge in [-0.05, 0) is 75.9 Å². The standard InChI is InChI=1S/C21H27BN2O4/c1-21(2,3)27-18(25)10-13-4-6-14(7-5-13)16-11-22(26)28-17-12-24-20-15(19(16)17)8-9-23-20/h8-9,11-14,26H,4-7,10H2,1-3H3,(H,23,24). The smallest absolute Gasteiger partial charge is 0.531 e. The largest absolute Gasteiger partial charge is 0.552 e. The van der Waals surface area contributed by atoms with E-state index in [2.05, 4.69) is 9.97 Å². The molecule has 1 saturated carbocycles. The van der Waals surface area contributed by atoms with Crippen molar-refractivity contribution in [1.82, 2.24) is 9.97 Å². The highest BCUT2D eigenvalue weighted by atomic mass is 16.6. The molecule has 2 aliphatic rings. The molecule has 0 amide bonds. The van der Waals surface area contributed by atoms with Crippen LogP contribution in [0.15, 0.2) is 24.4 Å². The van der Waals surface area contributed by atoms with E-state index in [1.165, 1.54) is 0 Å². The third-order valence-corrected chi connectivity index (χ3v) is 5.57. The Morgan fingerprint density at radius 2 is 2.11 bits per heavy atom. The fourth-order valence-electron chi connectivity index (χ4n) is 4.41. The van der Waals surface area contributed by atoms with Crippen LogP contribution in [0.5, 0.6) is 5.75 Å². The molecule has 0 atom stereocenters. The molecule has 4 rings (SSSR count). The van der Waals surface area contributed by atoms with E-state index in [4.69, 9.17) is 9.39 Å². The van der Waals surface area contributed by atoms with E-state index in [9.17, 15) is 9.82 Å². The zero-order valence-corrected chi connectivity index (χ0v) is 16.7. The second-order valence-electron chi connectivity index (χ2n) is 8.88. The van der Waals surface area contributed by atoms with Crippen molar-refractivity contribution in [2.75, 3.05) is 0 Å². The second-order valence-corrected chi connectivity index (χ2v) is 8.88. The van der Waals surface area contributed by atoms with Gasteiger partial charge in [0, 0.05) is 23.6 Å². The lowest BCUT2D eigenvalue weighted by atomic mass is 9.70. The van der Waals surface area contributed by atoms with Crippen molar-refractivity contribution in [3.8, 4) is 5.75 Å². The van der Waals surface area contributed by atoms with Gasteiger partial charge < -0.3 is 19.4 Å². The number of esters is 1. The first-order valence-electron chi connectivity index (χ1n) is 10.0. The van der Waals surface area contributed by atoms with Crippen LogP contribution in [0.4, 0.5) is 0 Å². The lowest BCUT2D eigenvalue weighted by Crippen LogP contribution is -2.28. The third kappa shape index (κ3) is 3.95. The van der Waals surface area contributed by atoms with Gasteiger partial charge in [-0.25, -0.2) is 4.98 Å². The molecule has 1 fully saturated rings. The molecule has 7 heteroatoms. The Kier molecular flexibility index (Phi) is 4.95. The van der Waals surface area contributed by atoms with Crippen LogP contribution in [0.1, 0.15) is 58.4 Å². The van der Waals surface area contributed by atoms with Crippen molar-refractivity contribution in [3.63, 3.8) is 0 Å². The number of H-pyrrole nitrogens is 1. The first kappa shape index (κ1) is 19.1. The summed E-state index contributed by atoms with van der Waals surface area (Å²) < 4.78 is 11.1. The van der Waals surface area contributed by atoms with Crippen molar-refractivity contribution in [3.05, 3.63) is 30.0 Å². The molecule has 0 aromatic carbocycles. The fourth-order valence-corrected chi connectivity index (χ4v) is 4.41. The molecular formula is C21H27BN2O4. The third-order valence-electron chi connectivity index (χ3n) is 5.57. The number of allylic oxidation sites excluding steroid dienone is 1. The van der Waals surface area contributed by atoms with Gasteiger partial charge in [0.25, 0.3) is 0 Å². The molecule has 2 aromatic heterocycles. The second kappa shape index (κ2) is 7.28. The molecule has 0 unspecified atom stereocenters. The van der Waals surface area contributed by atoms with Crippen LogP contribution < -0.4 is 4.65 Å². The summed E-state index contributed by atoms with van der Waals surface area (Å²) in [6.07, 6.45) is 7.97. The van der Waals surface area contributed by atoms with Crippen molar-refractivity contribution >= 4 is 29.7 Å². The summed E-state index contributed by atoms with van der Waals surface area (Å²) in [7, 11) is -0.944. The Balaban J connectivity index is 1.48. The summed E-state index contributed by atoms with van der Waals surface area (Å²) >= 11 is 0. The molecule has 28 heavy (non-hydrogen) atoms. The van der Waals surface area contributed by atoms with Gasteiger partial charge in [-0.2, -0.15) is 0 Å². The minimum absolute atomic E-state index is 0.109. The van der Waals surface area contributed by atoms with Gasteiger partial charge >= 0.3 is 13.1 Å². The highest BCUT2D eigenvalue weighted by Crippen LogP contribution is 2.45. The number of fused-ring (bicyclic) bond motifs is 3. The number of carbonyl (C=O) groups excluding carboxylic acids is 1. The number of rotatable bonds is 3. The van der Waals surface area contributed by atoms with Crippen molar-refractivity contribution in [2.24, 2.45) is 11.8 Å². The van der Waals surface area contributed by atoms with Crippen LogP contribution in [-0.4, -0.2) is 33.7 Å². The van der Waals surface area contributed by atoms with Gasteiger partial charge in [0.15, 0.2) is 0 Å². The van der Waals surface area contributed by atoms with Crippen molar-refractivity contribution in [1.29, 1.82) is 0 Å². The normalized spacial score (nSPS) is 22.4. The summed E-state index contributed by atoms with van der Waals surface area (Å²) in [5.41, 5.74) is 2.56. The van der Waals surface area contributed by atoms with Crippen LogP contribution in [0.3, 0.4) is 0 Å². The number of nitrogens with one attached hydrogen (secondary N) is 1. The molecule has 0 saturated heterocycles. The van der Waals surface area contributed by atoms with Gasteiger partial charge in [0.1, 0.15) is 17.0 Å². The average molecular weight is 382 g/mol. The van der Waals surface area contributed by atoms with Gasteiger partial charge in [-0.1, -0.05) is 0 Å². The lowest BCUT2D eigenvalue weighted by molar-refractivity contribution is -0.156. The molecule has 1 aliphatic heterocycles. The topological polar surface area (TPSA) is 84.4 Å². The van der Waals surface area contributed by atoms with Gasteiger partial charge in [0.2, 0.25) is 0 Å². The molecule has 0 spiro atoms. The maximum absolute atomic E-state index is 12.1. The van der Waals surface area contributed by atoms with Crippen LogP contribution >= 0.6 is 0 Å². The van der Waals surface area contributed by atoms with E-state index in [0.29, 0.717) is 24.0 Å². The molecule has 0 radical (unpaired) electrons. The summed E-state index contributed by atoms with van der Waals surface area (Å²) in [6.45, 7) is 5.70. The number of aromatic amines is 1. The highest BCUT2D eigenvalue weighted by Gasteiger charge is 2.33. The summed E-state index contributed by atoms with van der Waals surface area (Å²) in [6, 6.07) is 2.00. The van der Waals surface area contributed by atoms with E-state index in [0.717, 1.165) is 47.9 Å². The van der Waals surface area contributed by atoms with Crippen LogP contribution in [-0.2, 0) is 9.53 Å². The Hall–Kier alpha value is -2.28. The maximum atomic E-state index is 12.1. The lowest BCUT2D eigenvalue weighted by Gasteiger charge is -2.33. The molecule has 0 bridgehead atoms. The molecular weight excluding hydrogens is 355 g/mol. The van der Waals surface area contributed by atoms with E-state index in [1.54, 1.807) is 6.20 Å². The van der Waals surface area contributed by atoms with Crippen molar-refractivity contribution in [2.45, 2.75) is 58.5 Å². The molecule has 2 aromatic rings. The van der Waals surface area contributed by atoms with Gasteiger partial charge in [-0.15, -0.1) is 0 Å². The number of carbonyl (C=O) groups is 1. The predicted molar refractivity (Wildman–Crippen MR) is 109 cm³/mol. The Bertz CT molecular complexity index is 907. The molecule has 2 N–H and O–H groups in total. The maximum Gasteiger partial charge on any atom is 0.552 e. The summed E-state index contributed by atoms with van der Waals surface area (Å²) in [5, 5.41) is 11.2. The fraction of sp³-hybridized carbons (Fsp3) is 0.524. The van der Waals surface area contributed by atoms with Crippen molar-refractivity contribution < 1.29 is 19.2 Å². The van der Waals surface area contributed by atoms with Crippen LogP contribution in [0.2, 0.25) is 0 Å². The number of aromatic nitrogens is 2. The number of ether oxygens (including phenoxy) is 1. The van der Waals surface area contributed by atoms with Gasteiger partial charge in [0.05, 0.1) is 6.20 Å². The van der Waals surface area contributed by atoms with Gasteiger partial charge in [-0.3, -0.25) is 4.79 Å². The highest BCUT2D eigenvalue weighted by molar-refractivity contribution is 6.52. The zero-order valence-electron chi connectivity index (χ0n) is 16.7. The number of nitrogens with zero attached hydrogens (tertiary/aromatic N) is 1. The predicted octanol–water partition coefficient (Wildman–Crippen LogP) is 3.90. The van der Waals surface area contributed by atoms with Crippen LogP contribution in [0, 0.1) is 11.8 Å². The number of hydrogen-bond acceptors (Lipinski definition) is 5. The Morgan fingerprint density at radius 3 is 2.82 bits per heavy atom. The van der Waals surface area contributed by atoms with E-state index in [-0.39, 0.29) is 5.97 Å². The zero-order chi connectivity index (χ0) is 19.9. The molecule has 3 heterocycles. The SMILES string of the molecule is CC(C)(C)OC(=O)CC1CCC(C2=CB(O)Oc3cnc4[nH]ccc4c32)CC1. The quantitative estimate of drug-likeness (QED) is 0.621. The Morgan fingerprint density at radius 1 is 1.36 bits per heavy atom. The summed E-state index contributed by atoms with van der Waals surface area (Å²) in [4.78, 5) is 19.7. The minimum atomic E-state index is -0.944. The minimum Gasteiger partial charge on any atom is -0.531 e. The summed E-state index contributed by atoms with van der Waals surface area (Å²) in [5.74, 6) is 3.05. The molecule has 6 nitrogen and oxygen atoms in total. The molecule has 148 valence electrons.